The van der Waals surface area contributed by atoms with Crippen LogP contribution in [0.25, 0.3) is 10.9 Å². The third kappa shape index (κ3) is 1.93. The van der Waals surface area contributed by atoms with Crippen LogP contribution < -0.4 is 4.74 Å². The zero-order valence-electron chi connectivity index (χ0n) is 8.70. The van der Waals surface area contributed by atoms with Crippen LogP contribution in [0.5, 0.6) is 5.88 Å². The number of halogens is 2. The van der Waals surface area contributed by atoms with Crippen LogP contribution in [0.2, 0.25) is 0 Å². The van der Waals surface area contributed by atoms with Gasteiger partial charge in [-0.2, -0.15) is 4.98 Å². The number of para-hydroxylation sites is 1. The van der Waals surface area contributed by atoms with E-state index in [1.165, 1.54) is 6.07 Å². The fourth-order valence-corrected chi connectivity index (χ4v) is 1.56. The summed E-state index contributed by atoms with van der Waals surface area (Å²) in [5, 5.41) is 0.565. The van der Waals surface area contributed by atoms with Crippen LogP contribution >= 0.6 is 11.6 Å². The average Bonchev–Trinajstić information content (AvgIpc) is 2.30. The lowest BCUT2D eigenvalue weighted by atomic mass is 10.2. The molecule has 0 atom stereocenters. The normalized spacial score (nSPS) is 10.7. The van der Waals surface area contributed by atoms with Gasteiger partial charge < -0.3 is 4.74 Å². The molecular weight excluding hydrogens is 231 g/mol. The minimum absolute atomic E-state index is 0.129. The second-order valence-electron chi connectivity index (χ2n) is 3.15. The molecule has 84 valence electrons. The zero-order chi connectivity index (χ0) is 11.5. The minimum atomic E-state index is -0.396. The predicted molar refractivity (Wildman–Crippen MR) is 60.2 cm³/mol. The van der Waals surface area contributed by atoms with Crippen molar-refractivity contribution in [2.75, 3.05) is 6.61 Å². The second-order valence-corrected chi connectivity index (χ2v) is 3.41. The van der Waals surface area contributed by atoms with Crippen LogP contribution in [-0.4, -0.2) is 16.6 Å². The van der Waals surface area contributed by atoms with Crippen molar-refractivity contribution in [3.05, 3.63) is 29.8 Å². The summed E-state index contributed by atoms with van der Waals surface area (Å²) in [4.78, 5) is 8.16. The maximum Gasteiger partial charge on any atom is 0.224 e. The van der Waals surface area contributed by atoms with Crippen molar-refractivity contribution in [3.63, 3.8) is 0 Å². The molecule has 5 heteroatoms. The Morgan fingerprint density at radius 3 is 2.88 bits per heavy atom. The summed E-state index contributed by atoms with van der Waals surface area (Å²) in [5.41, 5.74) is 0.247. The van der Waals surface area contributed by atoms with E-state index in [1.807, 2.05) is 6.92 Å². The number of alkyl halides is 1. The molecule has 0 N–H and O–H groups in total. The SMILES string of the molecule is CCOc1nc(CCl)nc2c(F)cccc12. The Morgan fingerprint density at radius 2 is 2.19 bits per heavy atom. The number of rotatable bonds is 3. The highest BCUT2D eigenvalue weighted by Crippen LogP contribution is 2.24. The Labute approximate surface area is 97.2 Å². The number of fused-ring (bicyclic) bond motifs is 1. The molecule has 0 spiro atoms. The Kier molecular flexibility index (Phi) is 3.19. The maximum atomic E-state index is 13.5. The topological polar surface area (TPSA) is 35.0 Å². The van der Waals surface area contributed by atoms with Gasteiger partial charge in [-0.25, -0.2) is 9.37 Å². The van der Waals surface area contributed by atoms with E-state index in [0.29, 0.717) is 23.7 Å². The first-order valence-electron chi connectivity index (χ1n) is 4.90. The van der Waals surface area contributed by atoms with Crippen molar-refractivity contribution in [2.45, 2.75) is 12.8 Å². The molecule has 1 aromatic heterocycles. The van der Waals surface area contributed by atoms with Crippen molar-refractivity contribution >= 4 is 22.5 Å². The van der Waals surface area contributed by atoms with Crippen molar-refractivity contribution in [1.82, 2.24) is 9.97 Å². The van der Waals surface area contributed by atoms with E-state index >= 15 is 0 Å². The van der Waals surface area contributed by atoms with Gasteiger partial charge in [0.2, 0.25) is 5.88 Å². The van der Waals surface area contributed by atoms with Gasteiger partial charge >= 0.3 is 0 Å². The molecule has 0 unspecified atom stereocenters. The van der Waals surface area contributed by atoms with Gasteiger partial charge in [0.1, 0.15) is 17.2 Å². The molecule has 0 aliphatic rings. The molecule has 1 heterocycles. The third-order valence-corrected chi connectivity index (χ3v) is 2.33. The molecule has 0 saturated carbocycles. The van der Waals surface area contributed by atoms with Gasteiger partial charge in [-0.3, -0.25) is 0 Å². The number of hydrogen-bond acceptors (Lipinski definition) is 3. The highest BCUT2D eigenvalue weighted by molar-refractivity contribution is 6.16. The van der Waals surface area contributed by atoms with Crippen LogP contribution in [0, 0.1) is 5.82 Å². The fourth-order valence-electron chi connectivity index (χ4n) is 1.44. The lowest BCUT2D eigenvalue weighted by molar-refractivity contribution is 0.330. The van der Waals surface area contributed by atoms with Crippen molar-refractivity contribution in [2.24, 2.45) is 0 Å². The van der Waals surface area contributed by atoms with E-state index in [1.54, 1.807) is 12.1 Å². The summed E-state index contributed by atoms with van der Waals surface area (Å²) in [6.07, 6.45) is 0. The smallest absolute Gasteiger partial charge is 0.224 e. The largest absolute Gasteiger partial charge is 0.477 e. The standard InChI is InChI=1S/C11H10ClFN2O/c1-2-16-11-7-4-3-5-8(13)10(7)14-9(6-12)15-11/h3-5H,2,6H2,1H3. The van der Waals surface area contributed by atoms with Crippen LogP contribution in [0.3, 0.4) is 0 Å². The Balaban J connectivity index is 2.71. The average molecular weight is 241 g/mol. The van der Waals surface area contributed by atoms with Gasteiger partial charge in [0.15, 0.2) is 0 Å². The summed E-state index contributed by atoms with van der Waals surface area (Å²) >= 11 is 5.65. The van der Waals surface area contributed by atoms with E-state index in [-0.39, 0.29) is 11.4 Å². The quantitative estimate of drug-likeness (QED) is 0.774. The van der Waals surface area contributed by atoms with Crippen LogP contribution in [0.4, 0.5) is 4.39 Å². The van der Waals surface area contributed by atoms with Gasteiger partial charge in [-0.05, 0) is 19.1 Å². The summed E-state index contributed by atoms with van der Waals surface area (Å²) in [6.45, 7) is 2.30. The van der Waals surface area contributed by atoms with E-state index < -0.39 is 5.82 Å². The van der Waals surface area contributed by atoms with E-state index in [0.717, 1.165) is 0 Å². The monoisotopic (exact) mass is 240 g/mol. The first-order valence-corrected chi connectivity index (χ1v) is 5.43. The highest BCUT2D eigenvalue weighted by atomic mass is 35.5. The molecule has 0 amide bonds. The Morgan fingerprint density at radius 1 is 1.38 bits per heavy atom. The Hall–Kier alpha value is -1.42. The van der Waals surface area contributed by atoms with Gasteiger partial charge in [-0.15, -0.1) is 11.6 Å². The van der Waals surface area contributed by atoms with Crippen LogP contribution in [0.1, 0.15) is 12.7 Å². The minimum Gasteiger partial charge on any atom is -0.477 e. The Bertz CT molecular complexity index is 519. The molecular formula is C11H10ClFN2O. The molecule has 0 aliphatic heterocycles. The third-order valence-electron chi connectivity index (χ3n) is 2.09. The molecule has 0 fully saturated rings. The number of aromatic nitrogens is 2. The molecule has 0 saturated heterocycles. The number of benzene rings is 1. The molecule has 0 bridgehead atoms. The summed E-state index contributed by atoms with van der Waals surface area (Å²) < 4.78 is 18.9. The van der Waals surface area contributed by atoms with E-state index in [4.69, 9.17) is 16.3 Å². The lowest BCUT2D eigenvalue weighted by Crippen LogP contribution is -2.01. The van der Waals surface area contributed by atoms with Gasteiger partial charge in [-0.1, -0.05) is 6.07 Å². The fraction of sp³-hybridized carbons (Fsp3) is 0.273. The molecule has 2 rings (SSSR count). The van der Waals surface area contributed by atoms with E-state index in [9.17, 15) is 4.39 Å². The summed E-state index contributed by atoms with van der Waals surface area (Å²) in [5.74, 6) is 0.474. The van der Waals surface area contributed by atoms with Gasteiger partial charge in [0, 0.05) is 0 Å². The number of nitrogens with zero attached hydrogens (tertiary/aromatic N) is 2. The highest BCUT2D eigenvalue weighted by Gasteiger charge is 2.11. The van der Waals surface area contributed by atoms with Gasteiger partial charge in [0.25, 0.3) is 0 Å². The molecule has 16 heavy (non-hydrogen) atoms. The summed E-state index contributed by atoms with van der Waals surface area (Å²) in [6, 6.07) is 4.68. The number of ether oxygens (including phenoxy) is 1. The predicted octanol–water partition coefficient (Wildman–Crippen LogP) is 2.91. The lowest BCUT2D eigenvalue weighted by Gasteiger charge is -2.07. The van der Waals surface area contributed by atoms with Gasteiger partial charge in [0.05, 0.1) is 17.9 Å². The molecule has 0 radical (unpaired) electrons. The summed E-state index contributed by atoms with van der Waals surface area (Å²) in [7, 11) is 0. The second kappa shape index (κ2) is 4.61. The zero-order valence-corrected chi connectivity index (χ0v) is 9.46. The molecule has 1 aromatic carbocycles. The van der Waals surface area contributed by atoms with Crippen molar-refractivity contribution in [1.29, 1.82) is 0 Å². The van der Waals surface area contributed by atoms with Crippen molar-refractivity contribution < 1.29 is 9.13 Å². The van der Waals surface area contributed by atoms with E-state index in [2.05, 4.69) is 9.97 Å². The van der Waals surface area contributed by atoms with Crippen LogP contribution in [-0.2, 0) is 5.88 Å². The first-order chi connectivity index (χ1) is 7.76. The molecule has 2 aromatic rings. The maximum absolute atomic E-state index is 13.5. The van der Waals surface area contributed by atoms with Crippen LogP contribution in [0.15, 0.2) is 18.2 Å². The first kappa shape index (κ1) is 11.1. The number of hydrogen-bond donors (Lipinski definition) is 0. The molecule has 3 nitrogen and oxygen atoms in total. The van der Waals surface area contributed by atoms with Crippen molar-refractivity contribution in [3.8, 4) is 5.88 Å². The molecule has 0 aliphatic carbocycles.